The first-order chi connectivity index (χ1) is 16.2. The van der Waals surface area contributed by atoms with E-state index in [9.17, 15) is 0 Å². The van der Waals surface area contributed by atoms with Crippen molar-refractivity contribution in [3.05, 3.63) is 42.7 Å². The molecular weight excluding hydrogens is 416 g/mol. The predicted octanol–water partition coefficient (Wildman–Crippen LogP) is 4.81. The molecule has 1 aliphatic heterocycles. The van der Waals surface area contributed by atoms with Gasteiger partial charge in [0.25, 0.3) is 0 Å². The highest BCUT2D eigenvalue weighted by Crippen LogP contribution is 2.31. The van der Waals surface area contributed by atoms with E-state index in [2.05, 4.69) is 39.7 Å². The number of ether oxygens (including phenoxy) is 2. The molecule has 3 N–H and O–H groups in total. The van der Waals surface area contributed by atoms with Gasteiger partial charge >= 0.3 is 0 Å². The van der Waals surface area contributed by atoms with Gasteiger partial charge in [0.1, 0.15) is 23.1 Å². The van der Waals surface area contributed by atoms with Crippen LogP contribution < -0.4 is 20.1 Å². The van der Waals surface area contributed by atoms with Crippen molar-refractivity contribution in [2.45, 2.75) is 39.2 Å². The van der Waals surface area contributed by atoms with Crippen molar-refractivity contribution < 1.29 is 9.47 Å². The minimum absolute atomic E-state index is 0.205. The number of rotatable bonds is 8. The number of aromatic nitrogens is 4. The summed E-state index contributed by atoms with van der Waals surface area (Å²) in [5.74, 6) is 2.68. The van der Waals surface area contributed by atoms with E-state index in [4.69, 9.17) is 14.5 Å². The smallest absolute Gasteiger partial charge is 0.227 e. The maximum atomic E-state index is 6.31. The minimum Gasteiger partial charge on any atom is -0.493 e. The number of piperidine rings is 1. The summed E-state index contributed by atoms with van der Waals surface area (Å²) in [5, 5.41) is 15.8. The Bertz CT molecular complexity index is 1230. The number of hydrogen-bond acceptors (Lipinski definition) is 7. The summed E-state index contributed by atoms with van der Waals surface area (Å²) < 4.78 is 12.4. The van der Waals surface area contributed by atoms with Crippen molar-refractivity contribution >= 4 is 33.4 Å². The highest BCUT2D eigenvalue weighted by atomic mass is 16.5. The molecule has 0 atom stereocenters. The third-order valence-corrected chi connectivity index (χ3v) is 5.88. The summed E-state index contributed by atoms with van der Waals surface area (Å²) in [5.41, 5.74) is 2.54. The number of benzene rings is 2. The first kappa shape index (κ1) is 21.5. The first-order valence-corrected chi connectivity index (χ1v) is 11.7. The Labute approximate surface area is 193 Å². The normalized spacial score (nSPS) is 14.8. The highest BCUT2D eigenvalue weighted by Gasteiger charge is 2.17. The second-order valence-corrected chi connectivity index (χ2v) is 8.92. The van der Waals surface area contributed by atoms with Crippen molar-refractivity contribution in [2.75, 3.05) is 25.0 Å². The first-order valence-electron chi connectivity index (χ1n) is 11.7. The van der Waals surface area contributed by atoms with Gasteiger partial charge in [-0.1, -0.05) is 26.0 Å². The predicted molar refractivity (Wildman–Crippen MR) is 130 cm³/mol. The molecule has 33 heavy (non-hydrogen) atoms. The molecule has 8 heteroatoms. The molecule has 4 aromatic rings. The molecule has 1 aliphatic rings. The molecule has 0 bridgehead atoms. The van der Waals surface area contributed by atoms with Crippen LogP contribution in [-0.2, 0) is 0 Å². The van der Waals surface area contributed by atoms with Gasteiger partial charge in [-0.25, -0.2) is 9.97 Å². The van der Waals surface area contributed by atoms with Crippen LogP contribution in [0.3, 0.4) is 0 Å². The van der Waals surface area contributed by atoms with Gasteiger partial charge in [-0.05, 0) is 50.4 Å². The van der Waals surface area contributed by atoms with Gasteiger partial charge < -0.3 is 20.1 Å². The van der Waals surface area contributed by atoms with Gasteiger partial charge in [0.15, 0.2) is 0 Å². The molecule has 1 fully saturated rings. The lowest BCUT2D eigenvalue weighted by molar-refractivity contribution is 0.164. The van der Waals surface area contributed by atoms with Gasteiger partial charge in [0, 0.05) is 23.3 Å². The van der Waals surface area contributed by atoms with E-state index in [-0.39, 0.29) is 6.10 Å². The molecule has 0 amide bonds. The number of hydrogen-bond donors (Lipinski definition) is 3. The number of nitrogens with one attached hydrogen (secondary N) is 3. The molecule has 2 aromatic carbocycles. The Morgan fingerprint density at radius 3 is 2.85 bits per heavy atom. The van der Waals surface area contributed by atoms with Crippen LogP contribution in [0.4, 0.5) is 11.6 Å². The van der Waals surface area contributed by atoms with E-state index in [0.717, 1.165) is 71.3 Å². The van der Waals surface area contributed by atoms with Crippen molar-refractivity contribution in [3.63, 3.8) is 0 Å². The third-order valence-electron chi connectivity index (χ3n) is 5.88. The average molecular weight is 447 g/mol. The van der Waals surface area contributed by atoms with E-state index in [0.29, 0.717) is 18.5 Å². The van der Waals surface area contributed by atoms with Crippen LogP contribution in [0.1, 0.15) is 33.1 Å². The Hall–Kier alpha value is -3.39. The summed E-state index contributed by atoms with van der Waals surface area (Å²) in [6.07, 6.45) is 6.81. The van der Waals surface area contributed by atoms with Crippen molar-refractivity contribution in [1.82, 2.24) is 25.5 Å². The molecule has 0 unspecified atom stereocenters. The fourth-order valence-electron chi connectivity index (χ4n) is 4.02. The fourth-order valence-corrected chi connectivity index (χ4v) is 4.02. The standard InChI is InChI=1S/C25H30N6O2/c1-16(2)8-11-32-23-13-18(12-21-20(23)15-28-31-21)29-25-27-14-17-4-3-5-22(24(17)30-25)33-19-6-9-26-10-7-19/h3-5,12-16,19,26H,6-11H2,1-2H3,(H,28,31)(H,27,29,30). The van der Waals surface area contributed by atoms with Crippen LogP contribution in [0.25, 0.3) is 21.8 Å². The molecule has 172 valence electrons. The Kier molecular flexibility index (Phi) is 6.26. The largest absolute Gasteiger partial charge is 0.493 e. The number of H-pyrrole nitrogens is 1. The highest BCUT2D eigenvalue weighted by molar-refractivity contribution is 5.89. The molecule has 0 saturated carbocycles. The lowest BCUT2D eigenvalue weighted by Gasteiger charge is -2.24. The molecular formula is C25H30N6O2. The molecule has 2 aromatic heterocycles. The Morgan fingerprint density at radius 2 is 2.00 bits per heavy atom. The zero-order chi connectivity index (χ0) is 22.6. The van der Waals surface area contributed by atoms with Crippen LogP contribution in [0, 0.1) is 5.92 Å². The summed E-state index contributed by atoms with van der Waals surface area (Å²) in [6, 6.07) is 9.94. The fraction of sp³-hybridized carbons (Fsp3) is 0.400. The van der Waals surface area contributed by atoms with Gasteiger partial charge in [-0.2, -0.15) is 5.10 Å². The summed E-state index contributed by atoms with van der Waals surface area (Å²) in [6.45, 7) is 7.00. The second-order valence-electron chi connectivity index (χ2n) is 8.92. The van der Waals surface area contributed by atoms with Crippen LogP contribution in [0.2, 0.25) is 0 Å². The lowest BCUT2D eigenvalue weighted by atomic mass is 10.1. The Balaban J connectivity index is 1.41. The van der Waals surface area contributed by atoms with E-state index in [1.54, 1.807) is 6.20 Å². The minimum atomic E-state index is 0.205. The van der Waals surface area contributed by atoms with Gasteiger partial charge in [-0.3, -0.25) is 5.10 Å². The lowest BCUT2D eigenvalue weighted by Crippen LogP contribution is -2.34. The topological polar surface area (TPSA) is 97.0 Å². The molecule has 3 heterocycles. The summed E-state index contributed by atoms with van der Waals surface area (Å²) >= 11 is 0. The molecule has 1 saturated heterocycles. The third kappa shape index (κ3) is 5.01. The average Bonchev–Trinajstić information content (AvgIpc) is 3.29. The number of para-hydroxylation sites is 1. The number of nitrogens with zero attached hydrogens (tertiary/aromatic N) is 3. The van der Waals surface area contributed by atoms with E-state index in [1.807, 2.05) is 36.5 Å². The summed E-state index contributed by atoms with van der Waals surface area (Å²) in [7, 11) is 0. The number of fused-ring (bicyclic) bond motifs is 2. The monoisotopic (exact) mass is 446 g/mol. The van der Waals surface area contributed by atoms with Gasteiger partial charge in [-0.15, -0.1) is 0 Å². The summed E-state index contributed by atoms with van der Waals surface area (Å²) in [4.78, 5) is 9.31. The SMILES string of the molecule is CC(C)CCOc1cc(Nc2ncc3cccc(OC4CCNCC4)c3n2)cc2[nH]ncc12. The molecule has 0 spiro atoms. The van der Waals surface area contributed by atoms with E-state index in [1.165, 1.54) is 0 Å². The number of anilines is 2. The molecule has 5 rings (SSSR count). The van der Waals surface area contributed by atoms with Crippen LogP contribution in [-0.4, -0.2) is 46.0 Å². The second kappa shape index (κ2) is 9.62. The van der Waals surface area contributed by atoms with Gasteiger partial charge in [0.05, 0.1) is 23.7 Å². The van der Waals surface area contributed by atoms with Gasteiger partial charge in [0.2, 0.25) is 5.95 Å². The van der Waals surface area contributed by atoms with E-state index >= 15 is 0 Å². The maximum absolute atomic E-state index is 6.31. The maximum Gasteiger partial charge on any atom is 0.227 e. The quantitative estimate of drug-likeness (QED) is 0.357. The van der Waals surface area contributed by atoms with E-state index < -0.39 is 0 Å². The van der Waals surface area contributed by atoms with Crippen molar-refractivity contribution in [3.8, 4) is 11.5 Å². The number of aromatic amines is 1. The van der Waals surface area contributed by atoms with Crippen molar-refractivity contribution in [2.24, 2.45) is 5.92 Å². The zero-order valence-corrected chi connectivity index (χ0v) is 19.1. The Morgan fingerprint density at radius 1 is 1.12 bits per heavy atom. The molecule has 8 nitrogen and oxygen atoms in total. The van der Waals surface area contributed by atoms with Crippen LogP contribution in [0.5, 0.6) is 11.5 Å². The van der Waals surface area contributed by atoms with Crippen molar-refractivity contribution in [1.29, 1.82) is 0 Å². The zero-order valence-electron chi connectivity index (χ0n) is 19.1. The van der Waals surface area contributed by atoms with Crippen LogP contribution in [0.15, 0.2) is 42.7 Å². The molecule has 0 radical (unpaired) electrons. The van der Waals surface area contributed by atoms with Crippen LogP contribution >= 0.6 is 0 Å². The molecule has 0 aliphatic carbocycles.